The largest absolute Gasteiger partial charge is 0.451 e. The van der Waals surface area contributed by atoms with Crippen molar-refractivity contribution in [2.45, 2.75) is 115 Å². The molecule has 26 heavy (non-hydrogen) atoms. The molecule has 0 unspecified atom stereocenters. The number of carbonyl (C=O) groups excluding carboxylic acids is 1. The summed E-state index contributed by atoms with van der Waals surface area (Å²) in [4.78, 5) is 11.8. The third-order valence-electron chi connectivity index (χ3n) is 4.94. The van der Waals surface area contributed by atoms with Gasteiger partial charge in [-0.2, -0.15) is 0 Å². The molecule has 0 aromatic carbocycles. The van der Waals surface area contributed by atoms with E-state index in [-0.39, 0.29) is 11.4 Å². The van der Waals surface area contributed by atoms with Gasteiger partial charge in [0.2, 0.25) is 0 Å². The van der Waals surface area contributed by atoms with Gasteiger partial charge in [-0.05, 0) is 32.1 Å². The molecule has 2 nitrogen and oxygen atoms in total. The van der Waals surface area contributed by atoms with Crippen molar-refractivity contribution in [3.63, 3.8) is 0 Å². The Balaban J connectivity index is 2.25. The Morgan fingerprint density at radius 2 is 1.12 bits per heavy atom. The standard InChI is InChI=1S/C23H40O2S/c24-22-20-18-16-14-12-10-8-6-4-2-1-3-5-7-9-11-13-15-17-19-21-23(26)25-22/h9,11,17,19,23,26H,1-8,10,12-16,18,20-21H2/b11-9-,19-17+/t23-/m0/s1. The summed E-state index contributed by atoms with van der Waals surface area (Å²) in [5.74, 6) is -0.101. The number of esters is 1. The minimum Gasteiger partial charge on any atom is -0.451 e. The smallest absolute Gasteiger partial charge is 0.306 e. The molecule has 1 aliphatic rings. The van der Waals surface area contributed by atoms with Crippen LogP contribution in [0.5, 0.6) is 0 Å². The van der Waals surface area contributed by atoms with Crippen molar-refractivity contribution in [2.24, 2.45) is 0 Å². The van der Waals surface area contributed by atoms with Gasteiger partial charge in [-0.1, -0.05) is 88.5 Å². The fourth-order valence-corrected chi connectivity index (χ4v) is 3.56. The highest BCUT2D eigenvalue weighted by atomic mass is 32.1. The van der Waals surface area contributed by atoms with E-state index in [0.717, 1.165) is 25.7 Å². The lowest BCUT2D eigenvalue weighted by molar-refractivity contribution is -0.145. The molecule has 0 aromatic rings. The highest BCUT2D eigenvalue weighted by molar-refractivity contribution is 7.80. The molecular formula is C23H40O2S. The van der Waals surface area contributed by atoms with Crippen LogP contribution in [0.2, 0.25) is 0 Å². The van der Waals surface area contributed by atoms with Gasteiger partial charge in [0.05, 0.1) is 0 Å². The van der Waals surface area contributed by atoms with Crippen molar-refractivity contribution in [1.29, 1.82) is 0 Å². The van der Waals surface area contributed by atoms with Gasteiger partial charge in [0.1, 0.15) is 5.44 Å². The highest BCUT2D eigenvalue weighted by Gasteiger charge is 2.08. The SMILES string of the molecule is O=C1CCCCCCCCCCCCCC/C=C\CC/C=C/C[C@H](S)O1. The maximum absolute atomic E-state index is 11.8. The number of ether oxygens (including phenoxy) is 1. The Labute approximate surface area is 167 Å². The second-order valence-electron chi connectivity index (χ2n) is 7.48. The summed E-state index contributed by atoms with van der Waals surface area (Å²) in [6.07, 6.45) is 29.1. The lowest BCUT2D eigenvalue weighted by Gasteiger charge is -2.10. The van der Waals surface area contributed by atoms with Gasteiger partial charge in [-0.3, -0.25) is 4.79 Å². The van der Waals surface area contributed by atoms with Crippen LogP contribution in [0.1, 0.15) is 109 Å². The summed E-state index contributed by atoms with van der Waals surface area (Å²) < 4.78 is 5.35. The minimum atomic E-state index is -0.306. The Morgan fingerprint density at radius 3 is 1.73 bits per heavy atom. The molecule has 0 aliphatic carbocycles. The summed E-state index contributed by atoms with van der Waals surface area (Å²) in [6, 6.07) is 0. The van der Waals surface area contributed by atoms with E-state index in [4.69, 9.17) is 4.74 Å². The quantitative estimate of drug-likeness (QED) is 0.267. The van der Waals surface area contributed by atoms with E-state index >= 15 is 0 Å². The molecule has 0 N–H and O–H groups in total. The molecule has 0 bridgehead atoms. The first-order chi connectivity index (χ1) is 12.8. The van der Waals surface area contributed by atoms with E-state index in [1.54, 1.807) is 0 Å². The van der Waals surface area contributed by atoms with Crippen LogP contribution in [0, 0.1) is 0 Å². The molecular weight excluding hydrogens is 340 g/mol. The first-order valence-corrected chi connectivity index (χ1v) is 11.5. The van der Waals surface area contributed by atoms with E-state index in [1.165, 1.54) is 70.6 Å². The number of hydrogen-bond acceptors (Lipinski definition) is 3. The number of carbonyl (C=O) groups is 1. The van der Waals surface area contributed by atoms with Crippen molar-refractivity contribution >= 4 is 18.6 Å². The van der Waals surface area contributed by atoms with Crippen LogP contribution in [-0.4, -0.2) is 11.4 Å². The lowest BCUT2D eigenvalue weighted by Crippen LogP contribution is -2.11. The van der Waals surface area contributed by atoms with Crippen LogP contribution in [0.15, 0.2) is 24.3 Å². The van der Waals surface area contributed by atoms with Crippen LogP contribution in [0.3, 0.4) is 0 Å². The fraction of sp³-hybridized carbons (Fsp3) is 0.783. The molecule has 1 heterocycles. The first kappa shape index (κ1) is 23.3. The van der Waals surface area contributed by atoms with Crippen LogP contribution >= 0.6 is 12.6 Å². The van der Waals surface area contributed by atoms with Gasteiger partial charge in [-0.15, -0.1) is 12.6 Å². The predicted molar refractivity (Wildman–Crippen MR) is 116 cm³/mol. The maximum atomic E-state index is 11.8. The number of hydrogen-bond donors (Lipinski definition) is 1. The summed E-state index contributed by atoms with van der Waals surface area (Å²) in [5.41, 5.74) is -0.306. The summed E-state index contributed by atoms with van der Waals surface area (Å²) in [5, 5.41) is 0. The van der Waals surface area contributed by atoms with Crippen molar-refractivity contribution in [1.82, 2.24) is 0 Å². The monoisotopic (exact) mass is 380 g/mol. The van der Waals surface area contributed by atoms with E-state index in [9.17, 15) is 4.79 Å². The number of thiol groups is 1. The topological polar surface area (TPSA) is 26.3 Å². The lowest BCUT2D eigenvalue weighted by atomic mass is 10.0. The van der Waals surface area contributed by atoms with Crippen molar-refractivity contribution in [3.8, 4) is 0 Å². The normalized spacial score (nSPS) is 27.0. The second kappa shape index (κ2) is 17.7. The van der Waals surface area contributed by atoms with Crippen LogP contribution < -0.4 is 0 Å². The molecule has 1 aliphatic heterocycles. The van der Waals surface area contributed by atoms with Gasteiger partial charge >= 0.3 is 5.97 Å². The number of cyclic esters (lactones) is 1. The van der Waals surface area contributed by atoms with Crippen molar-refractivity contribution < 1.29 is 9.53 Å². The van der Waals surface area contributed by atoms with Gasteiger partial charge in [-0.25, -0.2) is 0 Å². The third-order valence-corrected chi connectivity index (χ3v) is 5.26. The molecule has 0 amide bonds. The van der Waals surface area contributed by atoms with Gasteiger partial charge < -0.3 is 4.74 Å². The van der Waals surface area contributed by atoms with E-state index in [2.05, 4.69) is 36.9 Å². The molecule has 0 spiro atoms. The summed E-state index contributed by atoms with van der Waals surface area (Å²) in [6.45, 7) is 0. The van der Waals surface area contributed by atoms with E-state index in [0.29, 0.717) is 12.8 Å². The molecule has 0 saturated heterocycles. The maximum Gasteiger partial charge on any atom is 0.306 e. The highest BCUT2D eigenvalue weighted by Crippen LogP contribution is 2.14. The molecule has 0 aromatic heterocycles. The summed E-state index contributed by atoms with van der Waals surface area (Å²) >= 11 is 4.36. The third kappa shape index (κ3) is 15.5. The molecule has 3 heteroatoms. The molecule has 0 saturated carbocycles. The second-order valence-corrected chi connectivity index (χ2v) is 8.06. The molecule has 0 fully saturated rings. The Bertz CT molecular complexity index is 390. The zero-order valence-electron chi connectivity index (χ0n) is 16.7. The van der Waals surface area contributed by atoms with Crippen molar-refractivity contribution in [2.75, 3.05) is 0 Å². The zero-order chi connectivity index (χ0) is 18.7. The van der Waals surface area contributed by atoms with Crippen LogP contribution in [0.4, 0.5) is 0 Å². The molecule has 1 atom stereocenters. The van der Waals surface area contributed by atoms with E-state index in [1.807, 2.05) is 0 Å². The Hall–Kier alpha value is -0.700. The number of rotatable bonds is 0. The van der Waals surface area contributed by atoms with Crippen molar-refractivity contribution in [3.05, 3.63) is 24.3 Å². The molecule has 0 radical (unpaired) electrons. The predicted octanol–water partition coefficient (Wildman–Crippen LogP) is 7.54. The van der Waals surface area contributed by atoms with Crippen LogP contribution in [-0.2, 0) is 9.53 Å². The van der Waals surface area contributed by atoms with E-state index < -0.39 is 0 Å². The van der Waals surface area contributed by atoms with Crippen LogP contribution in [0.25, 0.3) is 0 Å². The average molecular weight is 381 g/mol. The summed E-state index contributed by atoms with van der Waals surface area (Å²) in [7, 11) is 0. The van der Waals surface area contributed by atoms with Gasteiger partial charge in [0.25, 0.3) is 0 Å². The zero-order valence-corrected chi connectivity index (χ0v) is 17.6. The molecule has 1 rings (SSSR count). The van der Waals surface area contributed by atoms with Gasteiger partial charge in [0, 0.05) is 12.8 Å². The number of allylic oxidation sites excluding steroid dienone is 3. The Kier molecular flexibility index (Phi) is 15.9. The minimum absolute atomic E-state index is 0.101. The first-order valence-electron chi connectivity index (χ1n) is 11.0. The van der Waals surface area contributed by atoms with Gasteiger partial charge in [0.15, 0.2) is 0 Å². The average Bonchev–Trinajstić information content (AvgIpc) is 2.62. The fourth-order valence-electron chi connectivity index (χ4n) is 3.32. The molecule has 150 valence electrons. The Morgan fingerprint density at radius 1 is 0.654 bits per heavy atom.